The molecule has 0 radical (unpaired) electrons. The molecule has 0 saturated carbocycles. The SMILES string of the molecule is CC(=O)c1cc(NCc2cccc(C)n2)ccc1N. The van der Waals surface area contributed by atoms with Crippen molar-refractivity contribution in [2.24, 2.45) is 0 Å². The van der Waals surface area contributed by atoms with E-state index >= 15 is 0 Å². The van der Waals surface area contributed by atoms with Crippen LogP contribution in [0.15, 0.2) is 36.4 Å². The van der Waals surface area contributed by atoms with Crippen LogP contribution in [0.1, 0.15) is 28.7 Å². The Hall–Kier alpha value is -2.36. The monoisotopic (exact) mass is 255 g/mol. The van der Waals surface area contributed by atoms with E-state index in [1.807, 2.05) is 31.2 Å². The van der Waals surface area contributed by atoms with E-state index in [9.17, 15) is 4.79 Å². The van der Waals surface area contributed by atoms with Gasteiger partial charge in [0.05, 0.1) is 12.2 Å². The fourth-order valence-corrected chi connectivity index (χ4v) is 1.86. The fraction of sp³-hybridized carbons (Fsp3) is 0.200. The highest BCUT2D eigenvalue weighted by molar-refractivity contribution is 5.99. The number of rotatable bonds is 4. The Kier molecular flexibility index (Phi) is 3.80. The molecular formula is C15H17N3O. The maximum atomic E-state index is 11.4. The van der Waals surface area contributed by atoms with E-state index < -0.39 is 0 Å². The van der Waals surface area contributed by atoms with Crippen LogP contribution in [0.4, 0.5) is 11.4 Å². The number of nitrogen functional groups attached to an aromatic ring is 1. The van der Waals surface area contributed by atoms with E-state index in [2.05, 4.69) is 10.3 Å². The van der Waals surface area contributed by atoms with Crippen molar-refractivity contribution in [3.05, 3.63) is 53.3 Å². The lowest BCUT2D eigenvalue weighted by Crippen LogP contribution is -2.05. The van der Waals surface area contributed by atoms with Gasteiger partial charge >= 0.3 is 0 Å². The van der Waals surface area contributed by atoms with Crippen LogP contribution in [-0.4, -0.2) is 10.8 Å². The Balaban J connectivity index is 2.12. The number of pyridine rings is 1. The van der Waals surface area contributed by atoms with Gasteiger partial charge in [-0.05, 0) is 44.2 Å². The summed E-state index contributed by atoms with van der Waals surface area (Å²) >= 11 is 0. The molecular weight excluding hydrogens is 238 g/mol. The molecule has 1 heterocycles. The van der Waals surface area contributed by atoms with Crippen LogP contribution in [0.25, 0.3) is 0 Å². The average Bonchev–Trinajstić information content (AvgIpc) is 2.37. The zero-order chi connectivity index (χ0) is 13.8. The van der Waals surface area contributed by atoms with E-state index in [1.54, 1.807) is 12.1 Å². The second-order valence-corrected chi connectivity index (χ2v) is 4.48. The van der Waals surface area contributed by atoms with E-state index in [0.717, 1.165) is 17.1 Å². The number of aromatic nitrogens is 1. The van der Waals surface area contributed by atoms with Crippen molar-refractivity contribution in [3.63, 3.8) is 0 Å². The molecule has 0 aliphatic heterocycles. The molecule has 19 heavy (non-hydrogen) atoms. The predicted octanol–water partition coefficient (Wildman–Crippen LogP) is 2.79. The number of aryl methyl sites for hydroxylation is 1. The van der Waals surface area contributed by atoms with Crippen molar-refractivity contribution in [2.45, 2.75) is 20.4 Å². The van der Waals surface area contributed by atoms with Gasteiger partial charge in [-0.25, -0.2) is 0 Å². The van der Waals surface area contributed by atoms with Crippen LogP contribution < -0.4 is 11.1 Å². The Labute approximate surface area is 112 Å². The van der Waals surface area contributed by atoms with Crippen LogP contribution in [0.2, 0.25) is 0 Å². The smallest absolute Gasteiger partial charge is 0.161 e. The molecule has 98 valence electrons. The molecule has 0 spiro atoms. The first kappa shape index (κ1) is 13.1. The summed E-state index contributed by atoms with van der Waals surface area (Å²) in [6.45, 7) is 4.08. The van der Waals surface area contributed by atoms with Crippen LogP contribution in [0.3, 0.4) is 0 Å². The summed E-state index contributed by atoms with van der Waals surface area (Å²) in [7, 11) is 0. The zero-order valence-electron chi connectivity index (χ0n) is 11.1. The lowest BCUT2D eigenvalue weighted by molar-refractivity contribution is 0.101. The molecule has 0 aliphatic rings. The number of hydrogen-bond acceptors (Lipinski definition) is 4. The summed E-state index contributed by atoms with van der Waals surface area (Å²) in [5, 5.41) is 3.24. The summed E-state index contributed by atoms with van der Waals surface area (Å²) < 4.78 is 0. The lowest BCUT2D eigenvalue weighted by atomic mass is 10.1. The van der Waals surface area contributed by atoms with Crippen LogP contribution in [-0.2, 0) is 6.54 Å². The summed E-state index contributed by atoms with van der Waals surface area (Å²) in [4.78, 5) is 15.8. The van der Waals surface area contributed by atoms with Crippen LogP contribution in [0.5, 0.6) is 0 Å². The minimum Gasteiger partial charge on any atom is -0.398 e. The number of carbonyl (C=O) groups is 1. The Morgan fingerprint density at radius 2 is 2.11 bits per heavy atom. The summed E-state index contributed by atoms with van der Waals surface area (Å²) in [5.41, 5.74) is 9.62. The number of carbonyl (C=O) groups excluding carboxylic acids is 1. The maximum absolute atomic E-state index is 11.4. The number of nitrogens with two attached hydrogens (primary N) is 1. The summed E-state index contributed by atoms with van der Waals surface area (Å²) in [6, 6.07) is 11.3. The number of nitrogens with zero attached hydrogens (tertiary/aromatic N) is 1. The standard InChI is InChI=1S/C15H17N3O/c1-10-4-3-5-13(18-10)9-17-12-6-7-15(16)14(8-12)11(2)19/h3-8,17H,9,16H2,1-2H3. The molecule has 1 aromatic heterocycles. The molecule has 4 heteroatoms. The highest BCUT2D eigenvalue weighted by atomic mass is 16.1. The molecule has 0 saturated heterocycles. The Morgan fingerprint density at radius 1 is 1.32 bits per heavy atom. The molecule has 1 aromatic carbocycles. The van der Waals surface area contributed by atoms with Crippen molar-refractivity contribution in [3.8, 4) is 0 Å². The van der Waals surface area contributed by atoms with E-state index in [1.165, 1.54) is 6.92 Å². The maximum Gasteiger partial charge on any atom is 0.161 e. The molecule has 0 amide bonds. The number of hydrogen-bond donors (Lipinski definition) is 2. The third-order valence-electron chi connectivity index (χ3n) is 2.85. The van der Waals surface area contributed by atoms with E-state index in [-0.39, 0.29) is 5.78 Å². The lowest BCUT2D eigenvalue weighted by Gasteiger charge is -2.09. The van der Waals surface area contributed by atoms with Gasteiger partial charge in [0.15, 0.2) is 5.78 Å². The summed E-state index contributed by atoms with van der Waals surface area (Å²) in [5.74, 6) is -0.0326. The zero-order valence-corrected chi connectivity index (χ0v) is 11.1. The molecule has 0 atom stereocenters. The second kappa shape index (κ2) is 5.52. The van der Waals surface area contributed by atoms with Gasteiger partial charge in [0.25, 0.3) is 0 Å². The van der Waals surface area contributed by atoms with Gasteiger partial charge in [-0.1, -0.05) is 6.07 Å². The number of benzene rings is 1. The van der Waals surface area contributed by atoms with Gasteiger partial charge in [-0.2, -0.15) is 0 Å². The quantitative estimate of drug-likeness (QED) is 0.651. The number of anilines is 2. The highest BCUT2D eigenvalue weighted by Gasteiger charge is 2.05. The molecule has 4 nitrogen and oxygen atoms in total. The van der Waals surface area contributed by atoms with Gasteiger partial charge in [-0.3, -0.25) is 9.78 Å². The van der Waals surface area contributed by atoms with E-state index in [0.29, 0.717) is 17.8 Å². The first-order valence-electron chi connectivity index (χ1n) is 6.13. The molecule has 3 N–H and O–H groups in total. The average molecular weight is 255 g/mol. The first-order chi connectivity index (χ1) is 9.06. The van der Waals surface area contributed by atoms with Gasteiger partial charge in [-0.15, -0.1) is 0 Å². The first-order valence-corrected chi connectivity index (χ1v) is 6.13. The fourth-order valence-electron chi connectivity index (χ4n) is 1.86. The van der Waals surface area contributed by atoms with Gasteiger partial charge in [0.2, 0.25) is 0 Å². The van der Waals surface area contributed by atoms with Gasteiger partial charge < -0.3 is 11.1 Å². The van der Waals surface area contributed by atoms with E-state index in [4.69, 9.17) is 5.73 Å². The number of Topliss-reactive ketones (excluding diaryl/α,β-unsaturated/α-hetero) is 1. The molecule has 0 fully saturated rings. The molecule has 2 aromatic rings. The largest absolute Gasteiger partial charge is 0.398 e. The van der Waals surface area contributed by atoms with Crippen molar-refractivity contribution >= 4 is 17.2 Å². The third kappa shape index (κ3) is 3.31. The minimum atomic E-state index is -0.0326. The molecule has 2 rings (SSSR count). The molecule has 0 bridgehead atoms. The predicted molar refractivity (Wildman–Crippen MR) is 77.2 cm³/mol. The van der Waals surface area contributed by atoms with Crippen molar-refractivity contribution < 1.29 is 4.79 Å². The Bertz CT molecular complexity index is 608. The van der Waals surface area contributed by atoms with Crippen molar-refractivity contribution in [2.75, 3.05) is 11.1 Å². The number of nitrogens with one attached hydrogen (secondary N) is 1. The summed E-state index contributed by atoms with van der Waals surface area (Å²) in [6.07, 6.45) is 0. The Morgan fingerprint density at radius 3 is 2.79 bits per heavy atom. The van der Waals surface area contributed by atoms with Crippen molar-refractivity contribution in [1.29, 1.82) is 0 Å². The van der Waals surface area contributed by atoms with Crippen molar-refractivity contribution in [1.82, 2.24) is 4.98 Å². The highest BCUT2D eigenvalue weighted by Crippen LogP contribution is 2.18. The molecule has 0 unspecified atom stereocenters. The van der Waals surface area contributed by atoms with Crippen LogP contribution >= 0.6 is 0 Å². The van der Waals surface area contributed by atoms with Crippen LogP contribution in [0, 0.1) is 6.92 Å². The normalized spacial score (nSPS) is 10.2. The minimum absolute atomic E-state index is 0.0326. The second-order valence-electron chi connectivity index (χ2n) is 4.48. The van der Waals surface area contributed by atoms with Gasteiger partial charge in [0, 0.05) is 22.6 Å². The third-order valence-corrected chi connectivity index (χ3v) is 2.85. The number of ketones is 1. The van der Waals surface area contributed by atoms with Gasteiger partial charge in [0.1, 0.15) is 0 Å². The topological polar surface area (TPSA) is 68.0 Å². The molecule has 0 aliphatic carbocycles.